The molecule has 1 aromatic heterocycles. The van der Waals surface area contributed by atoms with Gasteiger partial charge in [0.15, 0.2) is 0 Å². The summed E-state index contributed by atoms with van der Waals surface area (Å²) in [5, 5.41) is 4.29. The number of benzene rings is 1. The maximum Gasteiger partial charge on any atom is 0.0489 e. The molecule has 2 aromatic rings. The highest BCUT2D eigenvalue weighted by Crippen LogP contribution is 2.40. The first-order valence-electron chi connectivity index (χ1n) is 9.73. The van der Waals surface area contributed by atoms with Crippen LogP contribution in [0.15, 0.2) is 42.7 Å². The summed E-state index contributed by atoms with van der Waals surface area (Å²) in [6.45, 7) is 2.32. The van der Waals surface area contributed by atoms with Crippen LogP contribution in [0.3, 0.4) is 0 Å². The van der Waals surface area contributed by atoms with Crippen LogP contribution in [0, 0.1) is 0 Å². The third-order valence-electron chi connectivity index (χ3n) is 5.62. The van der Waals surface area contributed by atoms with E-state index in [9.17, 15) is 0 Å². The molecule has 1 atom stereocenters. The molecule has 3 nitrogen and oxygen atoms in total. The molecule has 0 radical (unpaired) electrons. The summed E-state index contributed by atoms with van der Waals surface area (Å²) in [4.78, 5) is 2.84. The molecular weight excluding hydrogens is 294 g/mol. The van der Waals surface area contributed by atoms with Crippen LogP contribution in [0.2, 0.25) is 0 Å². The van der Waals surface area contributed by atoms with E-state index < -0.39 is 0 Å². The van der Waals surface area contributed by atoms with Crippen LogP contribution < -0.4 is 0 Å². The quantitative estimate of drug-likeness (QED) is 0.662. The Morgan fingerprint density at radius 1 is 1.04 bits per heavy atom. The van der Waals surface area contributed by atoms with E-state index in [2.05, 4.69) is 45.1 Å². The summed E-state index contributed by atoms with van der Waals surface area (Å²) >= 11 is 0. The minimum Gasteiger partial charge on any atom is -0.293 e. The van der Waals surface area contributed by atoms with Crippen molar-refractivity contribution in [3.63, 3.8) is 0 Å². The number of hydrogen-bond donors (Lipinski definition) is 0. The zero-order valence-electron chi connectivity index (χ0n) is 14.6. The van der Waals surface area contributed by atoms with E-state index in [1.54, 1.807) is 11.1 Å². The van der Waals surface area contributed by atoms with Crippen molar-refractivity contribution in [1.29, 1.82) is 0 Å². The first-order chi connectivity index (χ1) is 11.9. The summed E-state index contributed by atoms with van der Waals surface area (Å²) < 4.78 is 2.05. The first kappa shape index (κ1) is 15.9. The summed E-state index contributed by atoms with van der Waals surface area (Å²) in [5.74, 6) is 0. The van der Waals surface area contributed by atoms with Crippen molar-refractivity contribution >= 4 is 0 Å². The molecule has 1 saturated carbocycles. The van der Waals surface area contributed by atoms with E-state index in [-0.39, 0.29) is 0 Å². The van der Waals surface area contributed by atoms with Gasteiger partial charge in [-0.05, 0) is 68.7 Å². The second-order valence-electron chi connectivity index (χ2n) is 7.41. The molecule has 0 spiro atoms. The minimum atomic E-state index is 0.675. The average molecular weight is 323 g/mol. The molecule has 3 heteroatoms. The van der Waals surface area contributed by atoms with Crippen LogP contribution >= 0.6 is 0 Å². The van der Waals surface area contributed by atoms with Gasteiger partial charge in [0.05, 0.1) is 0 Å². The smallest absolute Gasteiger partial charge is 0.0489 e. The van der Waals surface area contributed by atoms with Gasteiger partial charge in [0.25, 0.3) is 0 Å². The Balaban J connectivity index is 1.32. The van der Waals surface area contributed by atoms with Gasteiger partial charge in [0.2, 0.25) is 0 Å². The maximum atomic E-state index is 4.29. The average Bonchev–Trinajstić information content (AvgIpc) is 3.33. The lowest BCUT2D eigenvalue weighted by Gasteiger charge is -2.36. The second kappa shape index (κ2) is 7.52. The Morgan fingerprint density at radius 2 is 1.96 bits per heavy atom. The highest BCUT2D eigenvalue weighted by Gasteiger charge is 2.35. The van der Waals surface area contributed by atoms with Gasteiger partial charge in [0.1, 0.15) is 0 Å². The predicted octanol–water partition coefficient (Wildman–Crippen LogP) is 4.60. The third-order valence-corrected chi connectivity index (χ3v) is 5.62. The van der Waals surface area contributed by atoms with Crippen molar-refractivity contribution in [2.45, 2.75) is 70.0 Å². The monoisotopic (exact) mass is 323 g/mol. The number of aromatic nitrogens is 2. The second-order valence-corrected chi connectivity index (χ2v) is 7.41. The molecule has 1 heterocycles. The molecule has 1 unspecified atom stereocenters. The van der Waals surface area contributed by atoms with E-state index in [4.69, 9.17) is 0 Å². The van der Waals surface area contributed by atoms with Crippen LogP contribution in [0.5, 0.6) is 0 Å². The van der Waals surface area contributed by atoms with Gasteiger partial charge >= 0.3 is 0 Å². The molecule has 1 fully saturated rings. The highest BCUT2D eigenvalue weighted by molar-refractivity contribution is 5.32. The molecule has 2 aliphatic rings. The fourth-order valence-corrected chi connectivity index (χ4v) is 4.25. The van der Waals surface area contributed by atoms with Gasteiger partial charge in [-0.1, -0.05) is 30.7 Å². The summed E-state index contributed by atoms with van der Waals surface area (Å²) in [5.41, 5.74) is 3.21. The number of fused-ring (bicyclic) bond motifs is 1. The Morgan fingerprint density at radius 3 is 2.79 bits per heavy atom. The summed E-state index contributed by atoms with van der Waals surface area (Å²) in [6, 6.07) is 12.7. The molecule has 128 valence electrons. The SMILES string of the molecule is c1ccc2c(c1)CCCC2N(CCCCCn1cccn1)C1CC1. The first-order valence-corrected chi connectivity index (χ1v) is 9.73. The molecule has 0 aliphatic heterocycles. The molecule has 2 aliphatic carbocycles. The Bertz CT molecular complexity index is 630. The molecule has 1 aromatic carbocycles. The van der Waals surface area contributed by atoms with E-state index in [0.29, 0.717) is 6.04 Å². The van der Waals surface area contributed by atoms with E-state index >= 15 is 0 Å². The van der Waals surface area contributed by atoms with E-state index in [0.717, 1.165) is 12.6 Å². The third kappa shape index (κ3) is 3.72. The van der Waals surface area contributed by atoms with E-state index in [1.807, 2.05) is 12.3 Å². The highest BCUT2D eigenvalue weighted by atomic mass is 15.3. The van der Waals surface area contributed by atoms with Gasteiger partial charge < -0.3 is 0 Å². The lowest BCUT2D eigenvalue weighted by molar-refractivity contribution is 0.165. The molecule has 0 bridgehead atoms. The lowest BCUT2D eigenvalue weighted by atomic mass is 9.86. The molecule has 0 N–H and O–H groups in total. The number of unbranched alkanes of at least 4 members (excludes halogenated alkanes) is 2. The Labute approximate surface area is 145 Å². The predicted molar refractivity (Wildman–Crippen MR) is 97.9 cm³/mol. The normalized spacial score (nSPS) is 20.3. The van der Waals surface area contributed by atoms with Crippen molar-refractivity contribution in [1.82, 2.24) is 14.7 Å². The van der Waals surface area contributed by atoms with Crippen molar-refractivity contribution < 1.29 is 0 Å². The number of hydrogen-bond acceptors (Lipinski definition) is 2. The molecular formula is C21H29N3. The lowest BCUT2D eigenvalue weighted by Crippen LogP contribution is -2.34. The van der Waals surface area contributed by atoms with Gasteiger partial charge in [-0.2, -0.15) is 5.10 Å². The van der Waals surface area contributed by atoms with Crippen LogP contribution in [0.25, 0.3) is 0 Å². The van der Waals surface area contributed by atoms with Crippen molar-refractivity contribution in [3.05, 3.63) is 53.9 Å². The fourth-order valence-electron chi connectivity index (χ4n) is 4.25. The van der Waals surface area contributed by atoms with Crippen molar-refractivity contribution in [2.24, 2.45) is 0 Å². The summed E-state index contributed by atoms with van der Waals surface area (Å²) in [6.07, 6.45) is 14.6. The standard InChI is InChI=1S/C21H29N3/c1(4-15-23-16-7-14-22-23)5-17-24(19-12-13-19)21-11-6-9-18-8-2-3-10-20(18)21/h2-3,7-8,10,14,16,19,21H,1,4-6,9,11-13,15,17H2. The van der Waals surface area contributed by atoms with Gasteiger partial charge in [0, 0.05) is 31.0 Å². The maximum absolute atomic E-state index is 4.29. The van der Waals surface area contributed by atoms with Gasteiger partial charge in [-0.15, -0.1) is 0 Å². The zero-order chi connectivity index (χ0) is 16.2. The zero-order valence-corrected chi connectivity index (χ0v) is 14.6. The topological polar surface area (TPSA) is 21.1 Å². The van der Waals surface area contributed by atoms with Crippen LogP contribution in [-0.2, 0) is 13.0 Å². The minimum absolute atomic E-state index is 0.675. The number of rotatable bonds is 8. The number of nitrogens with zero attached hydrogens (tertiary/aromatic N) is 3. The summed E-state index contributed by atoms with van der Waals surface area (Å²) in [7, 11) is 0. The van der Waals surface area contributed by atoms with Gasteiger partial charge in [-0.25, -0.2) is 0 Å². The van der Waals surface area contributed by atoms with Crippen LogP contribution in [0.4, 0.5) is 0 Å². The Kier molecular flexibility index (Phi) is 4.98. The van der Waals surface area contributed by atoms with Crippen LogP contribution in [-0.4, -0.2) is 27.3 Å². The van der Waals surface area contributed by atoms with Crippen molar-refractivity contribution in [2.75, 3.05) is 6.54 Å². The van der Waals surface area contributed by atoms with Gasteiger partial charge in [-0.3, -0.25) is 9.58 Å². The fraction of sp³-hybridized carbons (Fsp3) is 0.571. The molecule has 24 heavy (non-hydrogen) atoms. The van der Waals surface area contributed by atoms with Crippen LogP contribution in [0.1, 0.15) is 62.1 Å². The number of aryl methyl sites for hydroxylation is 2. The van der Waals surface area contributed by atoms with E-state index in [1.165, 1.54) is 57.9 Å². The molecule has 0 amide bonds. The van der Waals surface area contributed by atoms with Crippen molar-refractivity contribution in [3.8, 4) is 0 Å². The Hall–Kier alpha value is -1.61. The molecule has 0 saturated heterocycles. The largest absolute Gasteiger partial charge is 0.293 e. The molecule has 4 rings (SSSR count).